The van der Waals surface area contributed by atoms with Gasteiger partial charge in [0.15, 0.2) is 0 Å². The van der Waals surface area contributed by atoms with Crippen molar-refractivity contribution in [3.63, 3.8) is 0 Å². The van der Waals surface area contributed by atoms with Crippen molar-refractivity contribution in [3.8, 4) is 0 Å². The van der Waals surface area contributed by atoms with Crippen molar-refractivity contribution in [3.05, 3.63) is 35.4 Å². The van der Waals surface area contributed by atoms with Crippen LogP contribution in [0.1, 0.15) is 37.3 Å². The number of aliphatic hydroxyl groups excluding tert-OH is 1. The SMILES string of the molecule is CCS(=O)(=O)N[C@@H]1CC[C@@H](CC(=O)NC2Cc3ccccc3C2)O[C@@H]1CO. The third-order valence-electron chi connectivity index (χ3n) is 5.34. The zero-order valence-corrected chi connectivity index (χ0v) is 16.4. The Bertz CT molecular complexity index is 742. The topological polar surface area (TPSA) is 105 Å². The lowest BCUT2D eigenvalue weighted by Gasteiger charge is -2.35. The molecule has 0 spiro atoms. The monoisotopic (exact) mass is 396 g/mol. The fraction of sp³-hybridized carbons (Fsp3) is 0.632. The number of amides is 1. The van der Waals surface area contributed by atoms with Gasteiger partial charge in [-0.25, -0.2) is 13.1 Å². The summed E-state index contributed by atoms with van der Waals surface area (Å²) in [4.78, 5) is 12.4. The van der Waals surface area contributed by atoms with Crippen molar-refractivity contribution in [1.29, 1.82) is 0 Å². The zero-order valence-electron chi connectivity index (χ0n) is 15.6. The van der Waals surface area contributed by atoms with Gasteiger partial charge in [-0.2, -0.15) is 0 Å². The first-order chi connectivity index (χ1) is 12.9. The molecule has 3 N–H and O–H groups in total. The Morgan fingerprint density at radius 2 is 1.89 bits per heavy atom. The second kappa shape index (κ2) is 8.68. The average molecular weight is 397 g/mol. The minimum atomic E-state index is -3.36. The van der Waals surface area contributed by atoms with E-state index in [-0.39, 0.29) is 36.8 Å². The van der Waals surface area contributed by atoms with Crippen molar-refractivity contribution < 1.29 is 23.1 Å². The summed E-state index contributed by atoms with van der Waals surface area (Å²) in [6.45, 7) is 1.28. The van der Waals surface area contributed by atoms with Gasteiger partial charge in [-0.3, -0.25) is 4.79 Å². The molecule has 0 saturated carbocycles. The van der Waals surface area contributed by atoms with Crippen LogP contribution in [0.15, 0.2) is 24.3 Å². The first-order valence-electron chi connectivity index (χ1n) is 9.52. The first kappa shape index (κ1) is 20.3. The normalized spacial score (nSPS) is 25.9. The summed E-state index contributed by atoms with van der Waals surface area (Å²) in [5, 5.41) is 12.6. The minimum absolute atomic E-state index is 0.0166. The highest BCUT2D eigenvalue weighted by atomic mass is 32.2. The summed E-state index contributed by atoms with van der Waals surface area (Å²) in [6.07, 6.45) is 2.07. The fourth-order valence-corrected chi connectivity index (χ4v) is 4.78. The van der Waals surface area contributed by atoms with E-state index >= 15 is 0 Å². The Hall–Kier alpha value is -1.48. The number of hydrogen-bond acceptors (Lipinski definition) is 5. The lowest BCUT2D eigenvalue weighted by atomic mass is 9.97. The lowest BCUT2D eigenvalue weighted by molar-refractivity contribution is -0.131. The number of ether oxygens (including phenoxy) is 1. The number of sulfonamides is 1. The maximum atomic E-state index is 12.4. The molecule has 0 bridgehead atoms. The standard InChI is InChI=1S/C19H28N2O5S/c1-2-27(24,25)21-17-8-7-16(26-18(17)12-22)11-19(23)20-15-9-13-5-3-4-6-14(13)10-15/h3-6,15-18,21-22H,2,7-12H2,1H3,(H,20,23)/t16-,17+,18+/m0/s1. The van der Waals surface area contributed by atoms with Crippen LogP contribution >= 0.6 is 0 Å². The lowest BCUT2D eigenvalue weighted by Crippen LogP contribution is -2.52. The Morgan fingerprint density at radius 1 is 1.22 bits per heavy atom. The number of carbonyl (C=O) groups excluding carboxylic acids is 1. The number of carbonyl (C=O) groups is 1. The molecule has 1 fully saturated rings. The molecule has 1 aliphatic carbocycles. The van der Waals surface area contributed by atoms with Crippen LogP contribution in [0, 0.1) is 0 Å². The first-order valence-corrected chi connectivity index (χ1v) is 11.2. The highest BCUT2D eigenvalue weighted by Gasteiger charge is 2.34. The minimum Gasteiger partial charge on any atom is -0.394 e. The van der Waals surface area contributed by atoms with Crippen molar-refractivity contribution >= 4 is 15.9 Å². The largest absolute Gasteiger partial charge is 0.394 e. The molecule has 1 heterocycles. The maximum absolute atomic E-state index is 12.4. The molecule has 7 nitrogen and oxygen atoms in total. The molecule has 3 rings (SSSR count). The van der Waals surface area contributed by atoms with Gasteiger partial charge >= 0.3 is 0 Å². The summed E-state index contributed by atoms with van der Waals surface area (Å²) in [5.74, 6) is -0.0841. The van der Waals surface area contributed by atoms with Crippen LogP contribution < -0.4 is 10.0 Å². The van der Waals surface area contributed by atoms with E-state index in [1.165, 1.54) is 11.1 Å². The molecule has 0 aromatic heterocycles. The van der Waals surface area contributed by atoms with E-state index in [4.69, 9.17) is 4.74 Å². The molecule has 0 radical (unpaired) electrons. The van der Waals surface area contributed by atoms with Crippen LogP contribution in [0.2, 0.25) is 0 Å². The van der Waals surface area contributed by atoms with Gasteiger partial charge in [-0.15, -0.1) is 0 Å². The number of aliphatic hydroxyl groups is 1. The van der Waals surface area contributed by atoms with Crippen LogP contribution in [-0.4, -0.2) is 56.1 Å². The predicted octanol–water partition coefficient (Wildman–Crippen LogP) is 0.508. The van der Waals surface area contributed by atoms with Crippen molar-refractivity contribution in [2.75, 3.05) is 12.4 Å². The van der Waals surface area contributed by atoms with Crippen LogP contribution in [0.4, 0.5) is 0 Å². The van der Waals surface area contributed by atoms with E-state index in [0.29, 0.717) is 12.8 Å². The molecular formula is C19H28N2O5S. The summed E-state index contributed by atoms with van der Waals surface area (Å²) >= 11 is 0. The maximum Gasteiger partial charge on any atom is 0.222 e. The highest BCUT2D eigenvalue weighted by molar-refractivity contribution is 7.89. The van der Waals surface area contributed by atoms with Crippen molar-refractivity contribution in [2.24, 2.45) is 0 Å². The summed E-state index contributed by atoms with van der Waals surface area (Å²) in [7, 11) is -3.36. The molecule has 2 aliphatic rings. The second-order valence-electron chi connectivity index (χ2n) is 7.33. The smallest absolute Gasteiger partial charge is 0.222 e. The third-order valence-corrected chi connectivity index (χ3v) is 6.76. The zero-order chi connectivity index (χ0) is 19.4. The summed E-state index contributed by atoms with van der Waals surface area (Å²) in [5.41, 5.74) is 2.56. The van der Waals surface area contributed by atoms with Crippen LogP contribution in [0.25, 0.3) is 0 Å². The van der Waals surface area contributed by atoms with Crippen LogP contribution in [0.5, 0.6) is 0 Å². The average Bonchev–Trinajstić information content (AvgIpc) is 3.04. The van der Waals surface area contributed by atoms with Gasteiger partial charge in [-0.05, 0) is 43.7 Å². The van der Waals surface area contributed by atoms with E-state index in [1.807, 2.05) is 12.1 Å². The van der Waals surface area contributed by atoms with E-state index < -0.39 is 22.2 Å². The van der Waals surface area contributed by atoms with Crippen LogP contribution in [0.3, 0.4) is 0 Å². The molecule has 27 heavy (non-hydrogen) atoms. The third kappa shape index (κ3) is 5.28. The van der Waals surface area contributed by atoms with Crippen molar-refractivity contribution in [2.45, 2.75) is 63.3 Å². The van der Waals surface area contributed by atoms with E-state index in [1.54, 1.807) is 6.92 Å². The molecule has 150 valence electrons. The number of benzene rings is 1. The number of nitrogens with one attached hydrogen (secondary N) is 2. The molecule has 1 amide bonds. The number of fused-ring (bicyclic) bond motifs is 1. The molecule has 3 atom stereocenters. The fourth-order valence-electron chi connectivity index (χ4n) is 3.88. The molecular weight excluding hydrogens is 368 g/mol. The van der Waals surface area contributed by atoms with Gasteiger partial charge in [0.1, 0.15) is 0 Å². The second-order valence-corrected chi connectivity index (χ2v) is 9.37. The Balaban J connectivity index is 1.48. The van der Waals surface area contributed by atoms with Gasteiger partial charge in [-0.1, -0.05) is 24.3 Å². The molecule has 1 aromatic rings. The number of hydrogen-bond donors (Lipinski definition) is 3. The summed E-state index contributed by atoms with van der Waals surface area (Å²) < 4.78 is 31.9. The summed E-state index contributed by atoms with van der Waals surface area (Å²) in [6, 6.07) is 7.86. The van der Waals surface area contributed by atoms with Gasteiger partial charge in [0.25, 0.3) is 0 Å². The molecule has 8 heteroatoms. The molecule has 0 unspecified atom stereocenters. The quantitative estimate of drug-likeness (QED) is 0.623. The number of rotatable bonds is 7. The van der Waals surface area contributed by atoms with E-state index in [9.17, 15) is 18.3 Å². The molecule has 1 aromatic carbocycles. The van der Waals surface area contributed by atoms with Gasteiger partial charge in [0, 0.05) is 6.04 Å². The van der Waals surface area contributed by atoms with Gasteiger partial charge in [0.2, 0.25) is 15.9 Å². The Labute approximate surface area is 160 Å². The van der Waals surface area contributed by atoms with E-state index in [2.05, 4.69) is 22.2 Å². The van der Waals surface area contributed by atoms with Crippen molar-refractivity contribution in [1.82, 2.24) is 10.0 Å². The van der Waals surface area contributed by atoms with Gasteiger partial charge < -0.3 is 15.2 Å². The molecule has 1 saturated heterocycles. The van der Waals surface area contributed by atoms with Crippen LogP contribution in [-0.2, 0) is 32.4 Å². The van der Waals surface area contributed by atoms with Gasteiger partial charge in [0.05, 0.1) is 37.0 Å². The van der Waals surface area contributed by atoms with E-state index in [0.717, 1.165) is 12.8 Å². The molecule has 1 aliphatic heterocycles. The highest BCUT2D eigenvalue weighted by Crippen LogP contribution is 2.24. The Kier molecular flexibility index (Phi) is 6.52. The Morgan fingerprint density at radius 3 is 2.48 bits per heavy atom. The predicted molar refractivity (Wildman–Crippen MR) is 102 cm³/mol.